The van der Waals surface area contributed by atoms with Gasteiger partial charge in [-0.2, -0.15) is 0 Å². The van der Waals surface area contributed by atoms with E-state index in [4.69, 9.17) is 0 Å². The molecule has 2 aliphatic carbocycles. The van der Waals surface area contributed by atoms with Crippen LogP contribution in [0.2, 0.25) is 0 Å². The molecule has 0 spiro atoms. The molecule has 2 fully saturated rings. The molecule has 1 N–H and O–H groups in total. The topological polar surface area (TPSA) is 12.0 Å². The summed E-state index contributed by atoms with van der Waals surface area (Å²) >= 11 is 0. The van der Waals surface area contributed by atoms with E-state index in [1.54, 1.807) is 0 Å². The van der Waals surface area contributed by atoms with E-state index in [1.807, 2.05) is 0 Å². The summed E-state index contributed by atoms with van der Waals surface area (Å²) in [6.07, 6.45) is 16.3. The van der Waals surface area contributed by atoms with Gasteiger partial charge in [-0.15, -0.1) is 0 Å². The molecule has 1 heteroatoms. The van der Waals surface area contributed by atoms with Crippen molar-refractivity contribution in [2.45, 2.75) is 83.6 Å². The van der Waals surface area contributed by atoms with Crippen molar-refractivity contribution in [3.05, 3.63) is 0 Å². The van der Waals surface area contributed by atoms with Gasteiger partial charge in [0.2, 0.25) is 0 Å². The quantitative estimate of drug-likeness (QED) is 0.743. The van der Waals surface area contributed by atoms with Gasteiger partial charge in [-0.3, -0.25) is 0 Å². The van der Waals surface area contributed by atoms with Crippen molar-refractivity contribution in [3.63, 3.8) is 0 Å². The third-order valence-electron chi connectivity index (χ3n) is 5.72. The monoisotopic (exact) mass is 251 g/mol. The average Bonchev–Trinajstić information content (AvgIpc) is 2.46. The fraction of sp³-hybridized carbons (Fsp3) is 1.00. The van der Waals surface area contributed by atoms with Gasteiger partial charge in [-0.1, -0.05) is 58.3 Å². The molecule has 2 saturated carbocycles. The summed E-state index contributed by atoms with van der Waals surface area (Å²) < 4.78 is 0. The second kappa shape index (κ2) is 7.53. The lowest BCUT2D eigenvalue weighted by atomic mass is 9.74. The SMILES string of the molecule is CCC1CCC(C(CC2CCCCC2)NC)CC1. The average molecular weight is 251 g/mol. The van der Waals surface area contributed by atoms with E-state index in [-0.39, 0.29) is 0 Å². The van der Waals surface area contributed by atoms with Gasteiger partial charge in [0.15, 0.2) is 0 Å². The van der Waals surface area contributed by atoms with Crippen molar-refractivity contribution in [3.8, 4) is 0 Å². The minimum atomic E-state index is 0.811. The van der Waals surface area contributed by atoms with Crippen LogP contribution in [-0.4, -0.2) is 13.1 Å². The molecule has 1 unspecified atom stereocenters. The molecule has 2 rings (SSSR count). The van der Waals surface area contributed by atoms with Crippen LogP contribution in [0.15, 0.2) is 0 Å². The minimum Gasteiger partial charge on any atom is -0.317 e. The molecule has 2 aliphatic rings. The molecule has 0 aromatic heterocycles. The first-order chi connectivity index (χ1) is 8.83. The van der Waals surface area contributed by atoms with E-state index in [1.165, 1.54) is 70.6 Å². The second-order valence-corrected chi connectivity index (χ2v) is 6.82. The number of rotatable bonds is 5. The molecule has 0 bridgehead atoms. The van der Waals surface area contributed by atoms with Gasteiger partial charge in [0, 0.05) is 6.04 Å². The summed E-state index contributed by atoms with van der Waals surface area (Å²) in [5.41, 5.74) is 0. The molecule has 18 heavy (non-hydrogen) atoms. The van der Waals surface area contributed by atoms with Crippen molar-refractivity contribution in [2.75, 3.05) is 7.05 Å². The Balaban J connectivity index is 1.77. The Morgan fingerprint density at radius 1 is 0.889 bits per heavy atom. The first-order valence-corrected chi connectivity index (χ1v) is 8.50. The van der Waals surface area contributed by atoms with Crippen molar-refractivity contribution in [2.24, 2.45) is 17.8 Å². The lowest BCUT2D eigenvalue weighted by molar-refractivity contribution is 0.189. The van der Waals surface area contributed by atoms with Crippen LogP contribution in [0.4, 0.5) is 0 Å². The molecule has 1 atom stereocenters. The molecular formula is C17H33N. The second-order valence-electron chi connectivity index (χ2n) is 6.82. The zero-order valence-corrected chi connectivity index (χ0v) is 12.6. The Morgan fingerprint density at radius 2 is 1.56 bits per heavy atom. The van der Waals surface area contributed by atoms with Crippen molar-refractivity contribution < 1.29 is 0 Å². The van der Waals surface area contributed by atoms with E-state index in [9.17, 15) is 0 Å². The smallest absolute Gasteiger partial charge is 0.00949 e. The third kappa shape index (κ3) is 3.98. The molecule has 0 radical (unpaired) electrons. The Morgan fingerprint density at radius 3 is 2.11 bits per heavy atom. The van der Waals surface area contributed by atoms with Gasteiger partial charge in [-0.05, 0) is 44.1 Å². The highest BCUT2D eigenvalue weighted by Gasteiger charge is 2.28. The molecule has 106 valence electrons. The number of hydrogen-bond donors (Lipinski definition) is 1. The Labute approximate surface area is 114 Å². The Kier molecular flexibility index (Phi) is 6.01. The molecule has 0 aromatic carbocycles. The van der Waals surface area contributed by atoms with Crippen LogP contribution in [0.5, 0.6) is 0 Å². The van der Waals surface area contributed by atoms with Crippen LogP contribution in [0, 0.1) is 17.8 Å². The summed E-state index contributed by atoms with van der Waals surface area (Å²) in [4.78, 5) is 0. The maximum Gasteiger partial charge on any atom is 0.00949 e. The lowest BCUT2D eigenvalue weighted by Crippen LogP contribution is -2.37. The van der Waals surface area contributed by atoms with E-state index in [0.29, 0.717) is 0 Å². The minimum absolute atomic E-state index is 0.811. The summed E-state index contributed by atoms with van der Waals surface area (Å²) in [6, 6.07) is 0.811. The molecule has 0 aromatic rings. The Bertz CT molecular complexity index is 212. The largest absolute Gasteiger partial charge is 0.317 e. The van der Waals surface area contributed by atoms with Gasteiger partial charge in [0.25, 0.3) is 0 Å². The van der Waals surface area contributed by atoms with Gasteiger partial charge in [-0.25, -0.2) is 0 Å². The van der Waals surface area contributed by atoms with Crippen LogP contribution in [0.1, 0.15) is 77.6 Å². The van der Waals surface area contributed by atoms with Gasteiger partial charge in [0.1, 0.15) is 0 Å². The predicted octanol–water partition coefficient (Wildman–Crippen LogP) is 4.76. The molecule has 0 aliphatic heterocycles. The molecular weight excluding hydrogens is 218 g/mol. The fourth-order valence-electron chi connectivity index (χ4n) is 4.33. The molecule has 0 amide bonds. The standard InChI is InChI=1S/C17H33N/c1-3-14-9-11-16(12-10-14)17(18-2)13-15-7-5-4-6-8-15/h14-18H,3-13H2,1-2H3. The van der Waals surface area contributed by atoms with Crippen LogP contribution < -0.4 is 5.32 Å². The van der Waals surface area contributed by atoms with E-state index < -0.39 is 0 Å². The van der Waals surface area contributed by atoms with Crippen molar-refractivity contribution >= 4 is 0 Å². The zero-order chi connectivity index (χ0) is 12.8. The summed E-state index contributed by atoms with van der Waals surface area (Å²) in [7, 11) is 2.19. The highest BCUT2D eigenvalue weighted by molar-refractivity contribution is 4.83. The molecule has 0 saturated heterocycles. The van der Waals surface area contributed by atoms with Crippen LogP contribution in [0.3, 0.4) is 0 Å². The molecule has 1 nitrogen and oxygen atoms in total. The third-order valence-corrected chi connectivity index (χ3v) is 5.72. The van der Waals surface area contributed by atoms with E-state index in [0.717, 1.165) is 23.8 Å². The fourth-order valence-corrected chi connectivity index (χ4v) is 4.33. The summed E-state index contributed by atoms with van der Waals surface area (Å²) in [5.74, 6) is 3.04. The first-order valence-electron chi connectivity index (χ1n) is 8.50. The number of nitrogens with one attached hydrogen (secondary N) is 1. The predicted molar refractivity (Wildman–Crippen MR) is 79.8 cm³/mol. The van der Waals surface area contributed by atoms with Gasteiger partial charge < -0.3 is 5.32 Å². The van der Waals surface area contributed by atoms with Gasteiger partial charge >= 0.3 is 0 Å². The highest BCUT2D eigenvalue weighted by atomic mass is 14.9. The zero-order valence-electron chi connectivity index (χ0n) is 12.6. The van der Waals surface area contributed by atoms with Crippen LogP contribution in [-0.2, 0) is 0 Å². The maximum atomic E-state index is 3.65. The maximum absolute atomic E-state index is 3.65. The number of hydrogen-bond acceptors (Lipinski definition) is 1. The van der Waals surface area contributed by atoms with Crippen molar-refractivity contribution in [1.29, 1.82) is 0 Å². The Hall–Kier alpha value is -0.0400. The van der Waals surface area contributed by atoms with Gasteiger partial charge in [0.05, 0.1) is 0 Å². The normalized spacial score (nSPS) is 32.3. The van der Waals surface area contributed by atoms with Crippen molar-refractivity contribution in [1.82, 2.24) is 5.32 Å². The van der Waals surface area contributed by atoms with E-state index in [2.05, 4.69) is 19.3 Å². The molecule has 0 heterocycles. The summed E-state index contributed by atoms with van der Waals surface area (Å²) in [6.45, 7) is 2.36. The van der Waals surface area contributed by atoms with E-state index >= 15 is 0 Å². The lowest BCUT2D eigenvalue weighted by Gasteiger charge is -2.36. The summed E-state index contributed by atoms with van der Waals surface area (Å²) in [5, 5.41) is 3.65. The highest BCUT2D eigenvalue weighted by Crippen LogP contribution is 2.36. The van der Waals surface area contributed by atoms with Crippen LogP contribution in [0.25, 0.3) is 0 Å². The van der Waals surface area contributed by atoms with Crippen LogP contribution >= 0.6 is 0 Å². The first kappa shape index (κ1) is 14.4.